The van der Waals surface area contributed by atoms with Gasteiger partial charge < -0.3 is 9.26 Å². The first-order chi connectivity index (χ1) is 11.8. The first-order valence-corrected chi connectivity index (χ1v) is 12.3. The molecule has 0 aromatic heterocycles. The summed E-state index contributed by atoms with van der Waals surface area (Å²) in [6.45, 7) is 13.9. The number of hydrogen-bond acceptors (Lipinski definition) is 3. The van der Waals surface area contributed by atoms with Gasteiger partial charge in [-0.25, -0.2) is 0 Å². The number of rotatable bonds is 6. The largest absolute Gasteiger partial charge is 0.542 e. The summed E-state index contributed by atoms with van der Waals surface area (Å²) < 4.78 is 8.14. The molecule has 0 radical (unpaired) electrons. The zero-order chi connectivity index (χ0) is 18.8. The van der Waals surface area contributed by atoms with E-state index in [4.69, 9.17) is 9.26 Å². The lowest BCUT2D eigenvalue weighted by Gasteiger charge is -2.43. The van der Waals surface area contributed by atoms with E-state index in [9.17, 15) is 0 Å². The molecule has 0 saturated heterocycles. The molecule has 0 fully saturated rings. The maximum Gasteiger partial charge on any atom is 0.258 e. The normalized spacial score (nSPS) is 16.7. The van der Waals surface area contributed by atoms with Crippen LogP contribution in [0.3, 0.4) is 0 Å². The molecule has 140 valence electrons. The molecule has 0 N–H and O–H groups in total. The minimum absolute atomic E-state index is 0.540. The smallest absolute Gasteiger partial charge is 0.258 e. The van der Waals surface area contributed by atoms with Crippen molar-refractivity contribution in [3.8, 4) is 5.75 Å². The topological polar surface area (TPSA) is 30.8 Å². The second kappa shape index (κ2) is 8.25. The fourth-order valence-electron chi connectivity index (χ4n) is 4.55. The van der Waals surface area contributed by atoms with Crippen molar-refractivity contribution in [3.05, 3.63) is 27.7 Å². The molecule has 3 nitrogen and oxygen atoms in total. The van der Waals surface area contributed by atoms with Gasteiger partial charge in [-0.1, -0.05) is 62.6 Å². The number of hydrogen-bond donors (Lipinski definition) is 0. The van der Waals surface area contributed by atoms with Gasteiger partial charge in [0.15, 0.2) is 0 Å². The maximum absolute atomic E-state index is 7.00. The molecule has 1 aliphatic carbocycles. The van der Waals surface area contributed by atoms with Crippen LogP contribution in [-0.2, 0) is 11.3 Å². The molecule has 0 atom stereocenters. The molecule has 0 spiro atoms. The second-order valence-electron chi connectivity index (χ2n) is 7.89. The highest BCUT2D eigenvalue weighted by molar-refractivity contribution is 9.10. The number of fused-ring (bicyclic) bond motifs is 1. The molecule has 0 amide bonds. The molecule has 5 heteroatoms. The molecule has 25 heavy (non-hydrogen) atoms. The fourth-order valence-corrected chi connectivity index (χ4v) is 10.3. The molecule has 0 unspecified atom stereocenters. The monoisotopic (exact) mass is 425 g/mol. The SMILES string of the molecule is CO/N=C1\CCCc2c(Br)ccc(O[Si](C(C)C)(C(C)C)C(C)C)c21. The van der Waals surface area contributed by atoms with Crippen molar-refractivity contribution in [2.24, 2.45) is 5.16 Å². The molecule has 2 rings (SSSR count). The highest BCUT2D eigenvalue weighted by atomic mass is 79.9. The molecular weight excluding hydrogens is 394 g/mol. The highest BCUT2D eigenvalue weighted by Gasteiger charge is 2.47. The molecule has 1 aromatic rings. The summed E-state index contributed by atoms with van der Waals surface area (Å²) >= 11 is 3.72. The Labute approximate surface area is 162 Å². The van der Waals surface area contributed by atoms with Crippen LogP contribution in [0, 0.1) is 0 Å². The standard InChI is InChI=1S/C20H32BrNO2Si/c1-13(2)25(14(3)4,15(5)6)24-19-12-11-17(21)16-9-8-10-18(20(16)19)22-23-7/h11-15H,8-10H2,1-7H3/b22-18+. The van der Waals surface area contributed by atoms with E-state index in [2.05, 4.69) is 74.8 Å². The molecule has 1 aromatic carbocycles. The Morgan fingerprint density at radius 1 is 1.00 bits per heavy atom. The minimum atomic E-state index is -2.01. The Morgan fingerprint density at radius 2 is 1.60 bits per heavy atom. The van der Waals surface area contributed by atoms with Gasteiger partial charge in [0.1, 0.15) is 12.9 Å². The van der Waals surface area contributed by atoms with Gasteiger partial charge in [-0.05, 0) is 53.6 Å². The van der Waals surface area contributed by atoms with E-state index in [-0.39, 0.29) is 0 Å². The van der Waals surface area contributed by atoms with Crippen LogP contribution in [0.25, 0.3) is 0 Å². The zero-order valence-corrected chi connectivity index (χ0v) is 19.2. The maximum atomic E-state index is 7.00. The van der Waals surface area contributed by atoms with Crippen LogP contribution in [0.2, 0.25) is 16.6 Å². The number of halogens is 1. The van der Waals surface area contributed by atoms with Crippen LogP contribution in [0.4, 0.5) is 0 Å². The Hall–Kier alpha value is -0.813. The summed E-state index contributed by atoms with van der Waals surface area (Å²) in [4.78, 5) is 5.13. The lowest BCUT2D eigenvalue weighted by Crippen LogP contribution is -2.51. The van der Waals surface area contributed by atoms with Crippen LogP contribution in [0.1, 0.15) is 65.5 Å². The summed E-state index contributed by atoms with van der Waals surface area (Å²) in [5.74, 6) is 0.997. The highest BCUT2D eigenvalue weighted by Crippen LogP contribution is 2.45. The van der Waals surface area contributed by atoms with Gasteiger partial charge >= 0.3 is 0 Å². The molecular formula is C20H32BrNO2Si. The van der Waals surface area contributed by atoms with Gasteiger partial charge in [-0.15, -0.1) is 0 Å². The van der Waals surface area contributed by atoms with Gasteiger partial charge in [0.2, 0.25) is 0 Å². The van der Waals surface area contributed by atoms with Crippen molar-refractivity contribution < 1.29 is 9.26 Å². The quantitative estimate of drug-likeness (QED) is 0.375. The van der Waals surface area contributed by atoms with Gasteiger partial charge in [-0.2, -0.15) is 0 Å². The third-order valence-electron chi connectivity index (χ3n) is 5.54. The van der Waals surface area contributed by atoms with Crippen molar-refractivity contribution in [1.82, 2.24) is 0 Å². The Bertz CT molecular complexity index is 619. The second-order valence-corrected chi connectivity index (χ2v) is 14.1. The first kappa shape index (κ1) is 20.5. The van der Waals surface area contributed by atoms with Crippen molar-refractivity contribution >= 4 is 30.0 Å². The third-order valence-corrected chi connectivity index (χ3v) is 12.3. The van der Waals surface area contributed by atoms with E-state index in [1.54, 1.807) is 7.11 Å². The van der Waals surface area contributed by atoms with Gasteiger partial charge in [-0.3, -0.25) is 0 Å². The van der Waals surface area contributed by atoms with E-state index in [0.29, 0.717) is 16.6 Å². The summed E-state index contributed by atoms with van der Waals surface area (Å²) in [5.41, 5.74) is 5.09. The first-order valence-electron chi connectivity index (χ1n) is 9.36. The molecule has 0 saturated carbocycles. The van der Waals surface area contributed by atoms with Crippen LogP contribution < -0.4 is 4.43 Å². The Balaban J connectivity index is 2.62. The van der Waals surface area contributed by atoms with Crippen LogP contribution in [-0.4, -0.2) is 21.1 Å². The predicted molar refractivity (Wildman–Crippen MR) is 112 cm³/mol. The number of oxime groups is 1. The van der Waals surface area contributed by atoms with E-state index in [1.807, 2.05) is 0 Å². The number of benzene rings is 1. The lowest BCUT2D eigenvalue weighted by molar-refractivity contribution is 0.212. The Kier molecular flexibility index (Phi) is 6.77. The van der Waals surface area contributed by atoms with Crippen LogP contribution >= 0.6 is 15.9 Å². The summed E-state index contributed by atoms with van der Waals surface area (Å²) in [5, 5.41) is 4.32. The summed E-state index contributed by atoms with van der Waals surface area (Å²) in [7, 11) is -0.388. The van der Waals surface area contributed by atoms with Gasteiger partial charge in [0.25, 0.3) is 8.32 Å². The Morgan fingerprint density at radius 3 is 2.12 bits per heavy atom. The van der Waals surface area contributed by atoms with E-state index < -0.39 is 8.32 Å². The van der Waals surface area contributed by atoms with Crippen LogP contribution in [0.15, 0.2) is 21.8 Å². The number of nitrogens with zero attached hydrogens (tertiary/aromatic N) is 1. The van der Waals surface area contributed by atoms with Crippen molar-refractivity contribution in [1.29, 1.82) is 0 Å². The predicted octanol–water partition coefficient (Wildman–Crippen LogP) is 6.69. The summed E-state index contributed by atoms with van der Waals surface area (Å²) in [6, 6.07) is 4.25. The average molecular weight is 426 g/mol. The van der Waals surface area contributed by atoms with Crippen molar-refractivity contribution in [2.75, 3.05) is 7.11 Å². The van der Waals surface area contributed by atoms with E-state index in [1.165, 1.54) is 5.56 Å². The fraction of sp³-hybridized carbons (Fsp3) is 0.650. The third kappa shape index (κ3) is 3.82. The minimum Gasteiger partial charge on any atom is -0.542 e. The van der Waals surface area contributed by atoms with Gasteiger partial charge in [0.05, 0.1) is 5.71 Å². The lowest BCUT2D eigenvalue weighted by atomic mass is 9.89. The van der Waals surface area contributed by atoms with Crippen LogP contribution in [0.5, 0.6) is 5.75 Å². The average Bonchev–Trinajstić information content (AvgIpc) is 2.54. The summed E-state index contributed by atoms with van der Waals surface area (Å²) in [6.07, 6.45) is 3.08. The van der Waals surface area contributed by atoms with E-state index in [0.717, 1.165) is 40.8 Å². The molecule has 0 heterocycles. The molecule has 0 bridgehead atoms. The van der Waals surface area contributed by atoms with Crippen molar-refractivity contribution in [3.63, 3.8) is 0 Å². The zero-order valence-electron chi connectivity index (χ0n) is 16.6. The van der Waals surface area contributed by atoms with Gasteiger partial charge in [0, 0.05) is 10.0 Å². The molecule has 0 aliphatic heterocycles. The van der Waals surface area contributed by atoms with E-state index >= 15 is 0 Å². The van der Waals surface area contributed by atoms with Crippen molar-refractivity contribution in [2.45, 2.75) is 77.4 Å². The molecule has 1 aliphatic rings.